The molecule has 25 heavy (non-hydrogen) atoms. The molecule has 2 aromatic carbocycles. The lowest BCUT2D eigenvalue weighted by Crippen LogP contribution is -2.02. The van der Waals surface area contributed by atoms with Crippen LogP contribution in [-0.4, -0.2) is 25.2 Å². The van der Waals surface area contributed by atoms with E-state index in [9.17, 15) is 4.79 Å². The topological polar surface area (TPSA) is 70.8 Å². The van der Waals surface area contributed by atoms with Crippen molar-refractivity contribution in [2.45, 2.75) is 6.61 Å². The summed E-state index contributed by atoms with van der Waals surface area (Å²) in [5.41, 5.74) is 2.11. The largest absolute Gasteiger partial charge is 0.497 e. The van der Waals surface area contributed by atoms with Gasteiger partial charge in [0.2, 0.25) is 5.89 Å². The Bertz CT molecular complexity index is 880. The summed E-state index contributed by atoms with van der Waals surface area (Å²) < 4.78 is 21.2. The molecule has 0 saturated heterocycles. The fourth-order valence-electron chi connectivity index (χ4n) is 2.29. The van der Waals surface area contributed by atoms with Gasteiger partial charge in [0.25, 0.3) is 0 Å². The number of hydrogen-bond donors (Lipinski definition) is 0. The number of aromatic nitrogens is 1. The Morgan fingerprint density at radius 3 is 2.76 bits per heavy atom. The molecule has 0 saturated carbocycles. The second-order valence-corrected chi connectivity index (χ2v) is 5.14. The van der Waals surface area contributed by atoms with Crippen LogP contribution in [0, 0.1) is 0 Å². The highest BCUT2D eigenvalue weighted by Gasteiger charge is 2.08. The van der Waals surface area contributed by atoms with Gasteiger partial charge in [-0.05, 0) is 30.3 Å². The van der Waals surface area contributed by atoms with Gasteiger partial charge >= 0.3 is 5.97 Å². The molecule has 0 radical (unpaired) electrons. The number of para-hydroxylation sites is 2. The number of hydrogen-bond acceptors (Lipinski definition) is 6. The van der Waals surface area contributed by atoms with E-state index in [4.69, 9.17) is 18.6 Å². The van der Waals surface area contributed by atoms with Crippen LogP contribution in [0.2, 0.25) is 0 Å². The van der Waals surface area contributed by atoms with E-state index in [2.05, 4.69) is 4.98 Å². The van der Waals surface area contributed by atoms with Crippen LogP contribution < -0.4 is 9.47 Å². The Labute approximate surface area is 144 Å². The van der Waals surface area contributed by atoms with Crippen LogP contribution in [0.15, 0.2) is 53.0 Å². The minimum atomic E-state index is -0.507. The molecule has 0 bridgehead atoms. The van der Waals surface area contributed by atoms with E-state index in [0.29, 0.717) is 28.5 Å². The number of oxazole rings is 1. The van der Waals surface area contributed by atoms with Crippen molar-refractivity contribution in [2.75, 3.05) is 14.2 Å². The average Bonchev–Trinajstić information content (AvgIpc) is 3.07. The first-order chi connectivity index (χ1) is 12.2. The van der Waals surface area contributed by atoms with E-state index >= 15 is 0 Å². The van der Waals surface area contributed by atoms with Gasteiger partial charge in [0.15, 0.2) is 5.58 Å². The van der Waals surface area contributed by atoms with Crippen LogP contribution in [0.3, 0.4) is 0 Å². The summed E-state index contributed by atoms with van der Waals surface area (Å²) in [6.07, 6.45) is 2.75. The number of carbonyl (C=O) groups excluding carboxylic acids is 1. The highest BCUT2D eigenvalue weighted by molar-refractivity contribution is 5.87. The zero-order chi connectivity index (χ0) is 17.6. The molecule has 0 unspecified atom stereocenters. The summed E-state index contributed by atoms with van der Waals surface area (Å²) in [6.45, 7) is 0.0666. The van der Waals surface area contributed by atoms with Crippen LogP contribution >= 0.6 is 0 Å². The Morgan fingerprint density at radius 2 is 2.00 bits per heavy atom. The highest BCUT2D eigenvalue weighted by atomic mass is 16.5. The molecule has 1 aromatic heterocycles. The molecule has 0 spiro atoms. The Morgan fingerprint density at radius 1 is 1.16 bits per heavy atom. The first-order valence-electron chi connectivity index (χ1n) is 7.61. The van der Waals surface area contributed by atoms with E-state index < -0.39 is 5.97 Å². The molecule has 0 aliphatic carbocycles. The van der Waals surface area contributed by atoms with Crippen LogP contribution in [-0.2, 0) is 16.1 Å². The predicted molar refractivity (Wildman–Crippen MR) is 92.4 cm³/mol. The van der Waals surface area contributed by atoms with E-state index in [1.165, 1.54) is 12.2 Å². The molecular weight excluding hydrogens is 322 g/mol. The van der Waals surface area contributed by atoms with Crippen molar-refractivity contribution in [3.05, 3.63) is 60.0 Å². The number of benzene rings is 2. The van der Waals surface area contributed by atoms with Gasteiger partial charge in [-0.3, -0.25) is 0 Å². The Hall–Kier alpha value is -3.28. The zero-order valence-electron chi connectivity index (χ0n) is 13.9. The molecule has 6 nitrogen and oxygen atoms in total. The third kappa shape index (κ3) is 3.98. The van der Waals surface area contributed by atoms with Crippen LogP contribution in [0.25, 0.3) is 17.2 Å². The monoisotopic (exact) mass is 339 g/mol. The summed E-state index contributed by atoms with van der Waals surface area (Å²) in [5, 5.41) is 0. The fraction of sp³-hybridized carbons (Fsp3) is 0.158. The Kier molecular flexibility index (Phi) is 4.99. The molecule has 0 aliphatic heterocycles. The van der Waals surface area contributed by atoms with E-state index in [1.54, 1.807) is 32.4 Å². The molecule has 3 rings (SSSR count). The van der Waals surface area contributed by atoms with Gasteiger partial charge in [-0.15, -0.1) is 0 Å². The lowest BCUT2D eigenvalue weighted by atomic mass is 10.2. The normalized spacial score (nSPS) is 11.0. The molecule has 0 atom stereocenters. The first-order valence-corrected chi connectivity index (χ1v) is 7.61. The summed E-state index contributed by atoms with van der Waals surface area (Å²) in [7, 11) is 3.13. The number of esters is 1. The minimum Gasteiger partial charge on any atom is -0.497 e. The van der Waals surface area contributed by atoms with Gasteiger partial charge in [0.1, 0.15) is 23.6 Å². The molecule has 3 aromatic rings. The van der Waals surface area contributed by atoms with E-state index in [0.717, 1.165) is 5.52 Å². The van der Waals surface area contributed by atoms with E-state index in [-0.39, 0.29) is 6.61 Å². The summed E-state index contributed by atoms with van der Waals surface area (Å²) >= 11 is 0. The van der Waals surface area contributed by atoms with Crippen molar-refractivity contribution in [1.82, 2.24) is 4.98 Å². The van der Waals surface area contributed by atoms with Gasteiger partial charge in [-0.1, -0.05) is 12.1 Å². The van der Waals surface area contributed by atoms with E-state index in [1.807, 2.05) is 24.3 Å². The molecule has 0 fully saturated rings. The smallest absolute Gasteiger partial charge is 0.331 e. The first kappa shape index (κ1) is 16.6. The van der Waals surface area contributed by atoms with Crippen molar-refractivity contribution in [3.8, 4) is 11.5 Å². The van der Waals surface area contributed by atoms with Crippen LogP contribution in [0.1, 0.15) is 11.5 Å². The van der Waals surface area contributed by atoms with Crippen LogP contribution in [0.5, 0.6) is 11.5 Å². The third-order valence-corrected chi connectivity index (χ3v) is 3.53. The van der Waals surface area contributed by atoms with Crippen molar-refractivity contribution in [2.24, 2.45) is 0 Å². The lowest BCUT2D eigenvalue weighted by Gasteiger charge is -2.10. The van der Waals surface area contributed by atoms with Crippen molar-refractivity contribution in [3.63, 3.8) is 0 Å². The molecule has 0 aliphatic rings. The summed E-state index contributed by atoms with van der Waals surface area (Å²) in [4.78, 5) is 16.2. The van der Waals surface area contributed by atoms with Gasteiger partial charge in [0, 0.05) is 17.7 Å². The second kappa shape index (κ2) is 7.53. The molecule has 6 heteroatoms. The van der Waals surface area contributed by atoms with Gasteiger partial charge in [-0.2, -0.15) is 0 Å². The van der Waals surface area contributed by atoms with Gasteiger partial charge in [0.05, 0.1) is 14.2 Å². The average molecular weight is 339 g/mol. The molecular formula is C19H17NO5. The van der Waals surface area contributed by atoms with Gasteiger partial charge < -0.3 is 18.6 Å². The third-order valence-electron chi connectivity index (χ3n) is 3.53. The SMILES string of the molecule is COc1ccc(OC)c(COC(=O)/C=C/c2nc3ccccc3o2)c1. The number of rotatable bonds is 6. The second-order valence-electron chi connectivity index (χ2n) is 5.14. The molecule has 1 heterocycles. The maximum Gasteiger partial charge on any atom is 0.331 e. The van der Waals surface area contributed by atoms with Gasteiger partial charge in [-0.25, -0.2) is 9.78 Å². The standard InChI is InChI=1S/C19H17NO5/c1-22-14-7-8-16(23-2)13(11-14)12-24-19(21)10-9-18-20-15-5-3-4-6-17(15)25-18/h3-11H,12H2,1-2H3/b10-9+. The summed E-state index contributed by atoms with van der Waals surface area (Å²) in [6, 6.07) is 12.7. The molecule has 0 N–H and O–H groups in total. The van der Waals surface area contributed by atoms with Crippen molar-refractivity contribution < 1.29 is 23.4 Å². The fourth-order valence-corrected chi connectivity index (χ4v) is 2.29. The number of carbonyl (C=O) groups is 1. The maximum absolute atomic E-state index is 11.9. The summed E-state index contributed by atoms with van der Waals surface area (Å²) in [5.74, 6) is 1.12. The number of nitrogens with zero attached hydrogens (tertiary/aromatic N) is 1. The number of methoxy groups -OCH3 is 2. The number of ether oxygens (including phenoxy) is 3. The Balaban J connectivity index is 1.64. The quantitative estimate of drug-likeness (QED) is 0.505. The highest BCUT2D eigenvalue weighted by Crippen LogP contribution is 2.24. The van der Waals surface area contributed by atoms with Crippen LogP contribution in [0.4, 0.5) is 0 Å². The molecule has 128 valence electrons. The minimum absolute atomic E-state index is 0.0666. The van der Waals surface area contributed by atoms with Crippen molar-refractivity contribution >= 4 is 23.1 Å². The molecule has 0 amide bonds. The lowest BCUT2D eigenvalue weighted by molar-refractivity contribution is -0.138. The maximum atomic E-state index is 11.9. The predicted octanol–water partition coefficient (Wildman–Crippen LogP) is 3.60. The zero-order valence-corrected chi connectivity index (χ0v) is 13.9. The van der Waals surface area contributed by atoms with Crippen molar-refractivity contribution in [1.29, 1.82) is 0 Å². The number of fused-ring (bicyclic) bond motifs is 1.